The maximum atomic E-state index is 12.1. The van der Waals surface area contributed by atoms with Gasteiger partial charge in [-0.05, 0) is 18.9 Å². The lowest BCUT2D eigenvalue weighted by Crippen LogP contribution is -2.36. The smallest absolute Gasteiger partial charge is 0.270 e. The number of anilines is 1. The summed E-state index contributed by atoms with van der Waals surface area (Å²) in [4.78, 5) is 20.4. The van der Waals surface area contributed by atoms with Gasteiger partial charge in [0.15, 0.2) is 0 Å². The van der Waals surface area contributed by atoms with Crippen LogP contribution >= 0.6 is 0 Å². The molecule has 6 nitrogen and oxygen atoms in total. The molecule has 1 aliphatic carbocycles. The van der Waals surface area contributed by atoms with Gasteiger partial charge >= 0.3 is 0 Å². The number of hydrogen-bond acceptors (Lipinski definition) is 5. The summed E-state index contributed by atoms with van der Waals surface area (Å²) in [5.74, 6) is 0.340. The Balaban J connectivity index is 1.89. The molecule has 1 aromatic heterocycles. The molecule has 0 unspecified atom stereocenters. The predicted octanol–water partition coefficient (Wildman–Crippen LogP) is 1.60. The second-order valence-electron chi connectivity index (χ2n) is 4.99. The summed E-state index contributed by atoms with van der Waals surface area (Å²) in [6, 6.07) is 1.93. The number of ether oxygens (including phenoxy) is 1. The van der Waals surface area contributed by atoms with Crippen LogP contribution in [0.25, 0.3) is 0 Å². The number of nitrogens with one attached hydrogen (secondary N) is 2. The fourth-order valence-corrected chi connectivity index (χ4v) is 2.34. The molecule has 0 saturated heterocycles. The number of aromatic nitrogens is 2. The van der Waals surface area contributed by atoms with Crippen LogP contribution in [0.15, 0.2) is 12.3 Å². The third kappa shape index (κ3) is 4.45. The van der Waals surface area contributed by atoms with Crippen LogP contribution in [-0.2, 0) is 4.74 Å². The van der Waals surface area contributed by atoms with Crippen LogP contribution in [0.1, 0.15) is 42.6 Å². The number of carbonyl (C=O) groups excluding carboxylic acids is 1. The third-order valence-electron chi connectivity index (χ3n) is 3.42. The van der Waals surface area contributed by atoms with E-state index in [2.05, 4.69) is 20.6 Å². The molecule has 2 N–H and O–H groups in total. The summed E-state index contributed by atoms with van der Waals surface area (Å²) in [6.07, 6.45) is 7.38. The molecule has 1 fully saturated rings. The van der Waals surface area contributed by atoms with Crippen molar-refractivity contribution in [2.75, 3.05) is 25.6 Å². The maximum Gasteiger partial charge on any atom is 0.270 e. The lowest BCUT2D eigenvalue weighted by atomic mass is 9.95. The molecule has 0 atom stereocenters. The van der Waals surface area contributed by atoms with Gasteiger partial charge in [-0.15, -0.1) is 0 Å². The Morgan fingerprint density at radius 2 is 2.20 bits per heavy atom. The van der Waals surface area contributed by atoms with Gasteiger partial charge in [-0.25, -0.2) is 9.97 Å². The van der Waals surface area contributed by atoms with E-state index in [0.717, 1.165) is 12.8 Å². The van der Waals surface area contributed by atoms with Gasteiger partial charge in [0, 0.05) is 25.9 Å². The Bertz CT molecular complexity index is 433. The molecule has 1 saturated carbocycles. The first-order valence-corrected chi connectivity index (χ1v) is 7.16. The van der Waals surface area contributed by atoms with Gasteiger partial charge in [-0.3, -0.25) is 4.79 Å². The van der Waals surface area contributed by atoms with Gasteiger partial charge in [-0.2, -0.15) is 0 Å². The van der Waals surface area contributed by atoms with Crippen molar-refractivity contribution >= 4 is 11.9 Å². The summed E-state index contributed by atoms with van der Waals surface area (Å²) in [5, 5.41) is 6.07. The molecular formula is C14H22N4O2. The molecule has 1 aromatic rings. The predicted molar refractivity (Wildman–Crippen MR) is 76.7 cm³/mol. The van der Waals surface area contributed by atoms with Crippen LogP contribution in [0, 0.1) is 0 Å². The number of amides is 1. The average molecular weight is 278 g/mol. The number of carbonyl (C=O) groups is 1. The van der Waals surface area contributed by atoms with Crippen molar-refractivity contribution in [2.24, 2.45) is 0 Å². The zero-order valence-corrected chi connectivity index (χ0v) is 11.9. The highest BCUT2D eigenvalue weighted by Gasteiger charge is 2.17. The molecular weight excluding hydrogens is 256 g/mol. The van der Waals surface area contributed by atoms with E-state index in [1.807, 2.05) is 0 Å². The van der Waals surface area contributed by atoms with Crippen LogP contribution < -0.4 is 10.6 Å². The first-order valence-electron chi connectivity index (χ1n) is 7.16. The molecule has 0 radical (unpaired) electrons. The van der Waals surface area contributed by atoms with E-state index in [-0.39, 0.29) is 11.9 Å². The standard InChI is InChI=1S/C14H22N4O2/c1-20-10-9-16-14-15-8-7-12(18-14)13(19)17-11-5-3-2-4-6-11/h7-8,11H,2-6,9-10H2,1H3,(H,17,19)(H,15,16,18). The Morgan fingerprint density at radius 1 is 1.40 bits per heavy atom. The van der Waals surface area contributed by atoms with E-state index in [4.69, 9.17) is 4.74 Å². The zero-order valence-electron chi connectivity index (χ0n) is 11.9. The highest BCUT2D eigenvalue weighted by Crippen LogP contribution is 2.17. The molecule has 2 rings (SSSR count). The van der Waals surface area contributed by atoms with Crippen molar-refractivity contribution in [2.45, 2.75) is 38.1 Å². The lowest BCUT2D eigenvalue weighted by molar-refractivity contribution is 0.0922. The Kier molecular flexibility index (Phi) is 5.73. The molecule has 6 heteroatoms. The van der Waals surface area contributed by atoms with Crippen molar-refractivity contribution in [1.29, 1.82) is 0 Å². The molecule has 110 valence electrons. The highest BCUT2D eigenvalue weighted by molar-refractivity contribution is 5.92. The second-order valence-corrected chi connectivity index (χ2v) is 4.99. The summed E-state index contributed by atoms with van der Waals surface area (Å²) >= 11 is 0. The molecule has 0 spiro atoms. The monoisotopic (exact) mass is 278 g/mol. The van der Waals surface area contributed by atoms with Crippen molar-refractivity contribution in [1.82, 2.24) is 15.3 Å². The van der Waals surface area contributed by atoms with E-state index in [9.17, 15) is 4.79 Å². The van der Waals surface area contributed by atoms with Crippen LogP contribution in [0.4, 0.5) is 5.95 Å². The highest BCUT2D eigenvalue weighted by atomic mass is 16.5. The molecule has 20 heavy (non-hydrogen) atoms. The first kappa shape index (κ1) is 14.7. The number of methoxy groups -OCH3 is 1. The van der Waals surface area contributed by atoms with E-state index in [1.165, 1.54) is 19.3 Å². The van der Waals surface area contributed by atoms with Crippen molar-refractivity contribution in [3.8, 4) is 0 Å². The quantitative estimate of drug-likeness (QED) is 0.773. The normalized spacial score (nSPS) is 15.8. The lowest BCUT2D eigenvalue weighted by Gasteiger charge is -2.22. The van der Waals surface area contributed by atoms with Crippen LogP contribution in [0.2, 0.25) is 0 Å². The molecule has 1 aliphatic rings. The Labute approximate surface area is 119 Å². The maximum absolute atomic E-state index is 12.1. The average Bonchev–Trinajstić information content (AvgIpc) is 2.49. The van der Waals surface area contributed by atoms with Gasteiger partial charge in [-0.1, -0.05) is 19.3 Å². The second kappa shape index (κ2) is 7.79. The van der Waals surface area contributed by atoms with E-state index in [1.54, 1.807) is 19.4 Å². The molecule has 0 aromatic carbocycles. The van der Waals surface area contributed by atoms with Crippen molar-refractivity contribution in [3.05, 3.63) is 18.0 Å². The number of rotatable bonds is 6. The Hall–Kier alpha value is -1.69. The molecule has 1 heterocycles. The fraction of sp³-hybridized carbons (Fsp3) is 0.643. The van der Waals surface area contributed by atoms with E-state index >= 15 is 0 Å². The fourth-order valence-electron chi connectivity index (χ4n) is 2.34. The number of nitrogens with zero attached hydrogens (tertiary/aromatic N) is 2. The third-order valence-corrected chi connectivity index (χ3v) is 3.42. The summed E-state index contributed by atoms with van der Waals surface area (Å²) in [6.45, 7) is 1.19. The molecule has 0 bridgehead atoms. The van der Waals surface area contributed by atoms with Crippen LogP contribution in [-0.4, -0.2) is 42.2 Å². The van der Waals surface area contributed by atoms with Gasteiger partial charge in [0.05, 0.1) is 6.61 Å². The van der Waals surface area contributed by atoms with Gasteiger partial charge < -0.3 is 15.4 Å². The Morgan fingerprint density at radius 3 is 2.95 bits per heavy atom. The van der Waals surface area contributed by atoms with Crippen molar-refractivity contribution < 1.29 is 9.53 Å². The molecule has 0 aliphatic heterocycles. The summed E-state index contributed by atoms with van der Waals surface area (Å²) in [5.41, 5.74) is 0.408. The van der Waals surface area contributed by atoms with E-state index in [0.29, 0.717) is 24.8 Å². The minimum Gasteiger partial charge on any atom is -0.383 e. The van der Waals surface area contributed by atoms with Gasteiger partial charge in [0.2, 0.25) is 5.95 Å². The summed E-state index contributed by atoms with van der Waals surface area (Å²) < 4.78 is 4.94. The topological polar surface area (TPSA) is 76.1 Å². The summed E-state index contributed by atoms with van der Waals surface area (Å²) in [7, 11) is 1.64. The zero-order chi connectivity index (χ0) is 14.2. The van der Waals surface area contributed by atoms with Crippen LogP contribution in [0.5, 0.6) is 0 Å². The number of hydrogen-bond donors (Lipinski definition) is 2. The minimum atomic E-state index is -0.117. The van der Waals surface area contributed by atoms with E-state index < -0.39 is 0 Å². The SMILES string of the molecule is COCCNc1nccc(C(=O)NC2CCCCC2)n1. The van der Waals surface area contributed by atoms with Crippen LogP contribution in [0.3, 0.4) is 0 Å². The molecule has 1 amide bonds. The minimum absolute atomic E-state index is 0.117. The van der Waals surface area contributed by atoms with Gasteiger partial charge in [0.25, 0.3) is 5.91 Å². The first-order chi connectivity index (χ1) is 9.79. The van der Waals surface area contributed by atoms with Gasteiger partial charge in [0.1, 0.15) is 5.69 Å². The van der Waals surface area contributed by atoms with Crippen molar-refractivity contribution in [3.63, 3.8) is 0 Å². The largest absolute Gasteiger partial charge is 0.383 e.